The molecule has 130 valence electrons. The molecule has 0 heterocycles. The molecule has 0 aliphatic heterocycles. The lowest BCUT2D eigenvalue weighted by Gasteiger charge is -2.25. The maximum absolute atomic E-state index is 13.1. The van der Waals surface area contributed by atoms with Crippen molar-refractivity contribution in [3.05, 3.63) is 48.0 Å². The van der Waals surface area contributed by atoms with Crippen LogP contribution in [0.25, 0.3) is 0 Å². The summed E-state index contributed by atoms with van der Waals surface area (Å²) in [5.74, 6) is 1.21. The molecule has 0 N–H and O–H groups in total. The summed E-state index contributed by atoms with van der Waals surface area (Å²) in [6.45, 7) is 6.26. The Morgan fingerprint density at radius 2 is 1.75 bits per heavy atom. The van der Waals surface area contributed by atoms with Crippen LogP contribution in [0.5, 0.6) is 11.5 Å². The molecular weight excluding hydrogens is 326 g/mol. The number of ether oxygens (including phenoxy) is 2. The Kier molecular flexibility index (Phi) is 5.72. The number of anilines is 1. The van der Waals surface area contributed by atoms with E-state index in [1.54, 1.807) is 50.4 Å². The van der Waals surface area contributed by atoms with Gasteiger partial charge in [0.25, 0.3) is 10.0 Å². The summed E-state index contributed by atoms with van der Waals surface area (Å²) >= 11 is 0. The minimum absolute atomic E-state index is 0.231. The lowest BCUT2D eigenvalue weighted by atomic mass is 10.2. The van der Waals surface area contributed by atoms with E-state index in [4.69, 9.17) is 9.47 Å². The van der Waals surface area contributed by atoms with Crippen molar-refractivity contribution in [3.8, 4) is 11.5 Å². The quantitative estimate of drug-likeness (QED) is 0.766. The monoisotopic (exact) mass is 349 g/mol. The number of hydrogen-bond donors (Lipinski definition) is 0. The van der Waals surface area contributed by atoms with Gasteiger partial charge in [0.15, 0.2) is 0 Å². The van der Waals surface area contributed by atoms with Crippen molar-refractivity contribution in [2.75, 3.05) is 24.6 Å². The van der Waals surface area contributed by atoms with Crippen LogP contribution in [0.2, 0.25) is 0 Å². The SMILES string of the molecule is CCOc1ccccc1N(CC)S(=O)(=O)c1ccc(OC)c(C)c1. The van der Waals surface area contributed by atoms with E-state index in [0.717, 1.165) is 5.56 Å². The van der Waals surface area contributed by atoms with E-state index in [9.17, 15) is 8.42 Å². The predicted octanol–water partition coefficient (Wildman–Crippen LogP) is 3.62. The van der Waals surface area contributed by atoms with Crippen LogP contribution in [0, 0.1) is 6.92 Å². The lowest BCUT2D eigenvalue weighted by Crippen LogP contribution is -2.31. The summed E-state index contributed by atoms with van der Waals surface area (Å²) in [4.78, 5) is 0.231. The number of methoxy groups -OCH3 is 1. The van der Waals surface area contributed by atoms with Crippen LogP contribution in [-0.4, -0.2) is 28.7 Å². The molecule has 5 nitrogen and oxygen atoms in total. The zero-order chi connectivity index (χ0) is 17.7. The van der Waals surface area contributed by atoms with Gasteiger partial charge < -0.3 is 9.47 Å². The summed E-state index contributed by atoms with van der Waals surface area (Å²) in [6, 6.07) is 12.0. The smallest absolute Gasteiger partial charge is 0.264 e. The molecule has 2 rings (SSSR count). The Hall–Kier alpha value is -2.21. The molecule has 0 radical (unpaired) electrons. The molecule has 0 spiro atoms. The largest absolute Gasteiger partial charge is 0.496 e. The number of benzene rings is 2. The molecule has 0 bridgehead atoms. The summed E-state index contributed by atoms with van der Waals surface area (Å²) < 4.78 is 38.4. The molecule has 0 aliphatic carbocycles. The van der Waals surface area contributed by atoms with Crippen molar-refractivity contribution in [2.45, 2.75) is 25.7 Å². The molecule has 6 heteroatoms. The number of sulfonamides is 1. The van der Waals surface area contributed by atoms with Gasteiger partial charge in [-0.25, -0.2) is 8.42 Å². The van der Waals surface area contributed by atoms with Crippen molar-refractivity contribution in [1.82, 2.24) is 0 Å². The third-order valence-corrected chi connectivity index (χ3v) is 5.56. The molecule has 2 aromatic rings. The molecule has 0 aliphatic rings. The minimum atomic E-state index is -3.69. The van der Waals surface area contributed by atoms with Crippen molar-refractivity contribution >= 4 is 15.7 Å². The van der Waals surface area contributed by atoms with Crippen LogP contribution in [0.15, 0.2) is 47.4 Å². The average molecular weight is 349 g/mol. The van der Waals surface area contributed by atoms with Gasteiger partial charge in [-0.15, -0.1) is 0 Å². The highest BCUT2D eigenvalue weighted by Crippen LogP contribution is 2.33. The van der Waals surface area contributed by atoms with Crippen LogP contribution in [0.3, 0.4) is 0 Å². The van der Waals surface area contributed by atoms with Gasteiger partial charge in [-0.05, 0) is 56.7 Å². The van der Waals surface area contributed by atoms with Crippen molar-refractivity contribution in [3.63, 3.8) is 0 Å². The van der Waals surface area contributed by atoms with Crippen molar-refractivity contribution in [1.29, 1.82) is 0 Å². The molecule has 0 saturated heterocycles. The van der Waals surface area contributed by atoms with Crippen LogP contribution < -0.4 is 13.8 Å². The first-order valence-corrected chi connectivity index (χ1v) is 9.28. The first-order chi connectivity index (χ1) is 11.5. The Morgan fingerprint density at radius 3 is 2.33 bits per heavy atom. The molecule has 24 heavy (non-hydrogen) atoms. The Balaban J connectivity index is 2.51. The van der Waals surface area contributed by atoms with E-state index in [2.05, 4.69) is 0 Å². The van der Waals surface area contributed by atoms with Crippen LogP contribution in [0.4, 0.5) is 5.69 Å². The number of rotatable bonds is 7. The fraction of sp³-hybridized carbons (Fsp3) is 0.333. The highest BCUT2D eigenvalue weighted by molar-refractivity contribution is 7.92. The molecule has 2 aromatic carbocycles. The minimum Gasteiger partial charge on any atom is -0.496 e. The molecule has 0 aromatic heterocycles. The summed E-state index contributed by atoms with van der Waals surface area (Å²) in [5.41, 5.74) is 1.31. The first-order valence-electron chi connectivity index (χ1n) is 7.84. The normalized spacial score (nSPS) is 11.2. The van der Waals surface area contributed by atoms with E-state index in [1.807, 2.05) is 19.9 Å². The third-order valence-electron chi connectivity index (χ3n) is 3.68. The van der Waals surface area contributed by atoms with Gasteiger partial charge in [0, 0.05) is 6.54 Å². The van der Waals surface area contributed by atoms with Gasteiger partial charge in [-0.2, -0.15) is 0 Å². The Labute approximate surface area is 143 Å². The standard InChI is InChI=1S/C18H23NO4S/c1-5-19(16-9-7-8-10-18(16)23-6-2)24(20,21)15-11-12-17(22-4)14(3)13-15/h7-13H,5-6H2,1-4H3. The Morgan fingerprint density at radius 1 is 1.04 bits per heavy atom. The summed E-state index contributed by atoms with van der Waals surface area (Å²) in [6.07, 6.45) is 0. The van der Waals surface area contributed by atoms with Gasteiger partial charge in [-0.3, -0.25) is 4.31 Å². The van der Waals surface area contributed by atoms with E-state index in [-0.39, 0.29) is 4.90 Å². The number of para-hydroxylation sites is 2. The van der Waals surface area contributed by atoms with Gasteiger partial charge in [0.2, 0.25) is 0 Å². The topological polar surface area (TPSA) is 55.8 Å². The maximum Gasteiger partial charge on any atom is 0.264 e. The highest BCUT2D eigenvalue weighted by Gasteiger charge is 2.26. The summed E-state index contributed by atoms with van der Waals surface area (Å²) in [5, 5.41) is 0. The van der Waals surface area contributed by atoms with Crippen LogP contribution in [-0.2, 0) is 10.0 Å². The van der Waals surface area contributed by atoms with Gasteiger partial charge in [0.05, 0.1) is 24.3 Å². The van der Waals surface area contributed by atoms with Crippen LogP contribution in [0.1, 0.15) is 19.4 Å². The fourth-order valence-corrected chi connectivity index (χ4v) is 4.12. The molecular formula is C18H23NO4S. The predicted molar refractivity (Wildman–Crippen MR) is 95.5 cm³/mol. The lowest BCUT2D eigenvalue weighted by molar-refractivity contribution is 0.341. The van der Waals surface area contributed by atoms with Crippen molar-refractivity contribution < 1.29 is 17.9 Å². The second-order valence-corrected chi connectivity index (χ2v) is 7.06. The third kappa shape index (κ3) is 3.48. The number of nitrogens with zero attached hydrogens (tertiary/aromatic N) is 1. The maximum atomic E-state index is 13.1. The number of aryl methyl sites for hydroxylation is 1. The Bertz CT molecular complexity index is 802. The van der Waals surface area contributed by atoms with E-state index >= 15 is 0 Å². The first kappa shape index (κ1) is 18.1. The van der Waals surface area contributed by atoms with E-state index in [1.165, 1.54) is 4.31 Å². The van der Waals surface area contributed by atoms with Gasteiger partial charge in [0.1, 0.15) is 11.5 Å². The second-order valence-electron chi connectivity index (χ2n) is 5.20. The number of hydrogen-bond acceptors (Lipinski definition) is 4. The van der Waals surface area contributed by atoms with Crippen molar-refractivity contribution in [2.24, 2.45) is 0 Å². The van der Waals surface area contributed by atoms with Gasteiger partial charge >= 0.3 is 0 Å². The van der Waals surface area contributed by atoms with Gasteiger partial charge in [-0.1, -0.05) is 12.1 Å². The second kappa shape index (κ2) is 7.57. The van der Waals surface area contributed by atoms with Crippen LogP contribution >= 0.6 is 0 Å². The molecule has 0 atom stereocenters. The highest BCUT2D eigenvalue weighted by atomic mass is 32.2. The van der Waals surface area contributed by atoms with E-state index in [0.29, 0.717) is 30.3 Å². The molecule has 0 saturated carbocycles. The summed E-state index contributed by atoms with van der Waals surface area (Å²) in [7, 11) is -2.13. The zero-order valence-corrected chi connectivity index (χ0v) is 15.3. The zero-order valence-electron chi connectivity index (χ0n) is 14.4. The molecule has 0 unspecified atom stereocenters. The molecule has 0 amide bonds. The average Bonchev–Trinajstić information content (AvgIpc) is 2.57. The molecule has 0 fully saturated rings. The fourth-order valence-electron chi connectivity index (χ4n) is 2.55. The van der Waals surface area contributed by atoms with E-state index < -0.39 is 10.0 Å².